The van der Waals surface area contributed by atoms with Crippen molar-refractivity contribution >= 4 is 17.7 Å². The molecule has 1 aromatic rings. The number of aliphatic imine (C=N–C) groups is 1. The zero-order valence-corrected chi connectivity index (χ0v) is 12.3. The highest BCUT2D eigenvalue weighted by Gasteiger charge is 2.40. The lowest BCUT2D eigenvalue weighted by Crippen LogP contribution is -2.50. The van der Waals surface area contributed by atoms with E-state index in [1.807, 2.05) is 0 Å². The smallest absolute Gasteiger partial charge is 0.192 e. The van der Waals surface area contributed by atoms with Crippen LogP contribution in [-0.4, -0.2) is 29.7 Å². The minimum absolute atomic E-state index is 0.116. The summed E-state index contributed by atoms with van der Waals surface area (Å²) in [6, 6.07) is 9.06. The highest BCUT2D eigenvalue weighted by atomic mass is 32.2. The van der Waals surface area contributed by atoms with Crippen molar-refractivity contribution in [3.63, 3.8) is 0 Å². The van der Waals surface area contributed by atoms with Gasteiger partial charge in [-0.05, 0) is 44.7 Å². The van der Waals surface area contributed by atoms with E-state index < -0.39 is 0 Å². The van der Waals surface area contributed by atoms with Crippen LogP contribution in [0.15, 0.2) is 34.2 Å². The van der Waals surface area contributed by atoms with Crippen molar-refractivity contribution in [3.8, 4) is 0 Å². The van der Waals surface area contributed by atoms with E-state index in [9.17, 15) is 0 Å². The van der Waals surface area contributed by atoms with Crippen LogP contribution in [0.4, 0.5) is 0 Å². The molecule has 0 radical (unpaired) electrons. The van der Waals surface area contributed by atoms with Crippen LogP contribution in [-0.2, 0) is 5.54 Å². The number of benzene rings is 1. The lowest BCUT2D eigenvalue weighted by molar-refractivity contribution is 0.185. The third kappa shape index (κ3) is 2.09. The fourth-order valence-electron chi connectivity index (χ4n) is 2.65. The number of nitrogens with zero attached hydrogens (tertiary/aromatic N) is 2. The van der Waals surface area contributed by atoms with Crippen LogP contribution in [0.1, 0.15) is 26.3 Å². The monoisotopic (exact) mass is 263 g/mol. The van der Waals surface area contributed by atoms with E-state index >= 15 is 0 Å². The number of thioether (sulfide) groups is 1. The van der Waals surface area contributed by atoms with Crippen molar-refractivity contribution in [3.05, 3.63) is 29.8 Å². The fraction of sp³-hybridized carbons (Fsp3) is 0.500. The van der Waals surface area contributed by atoms with E-state index in [1.165, 1.54) is 10.5 Å². The zero-order valence-electron chi connectivity index (χ0n) is 11.5. The molecule has 3 nitrogen and oxygen atoms in total. The summed E-state index contributed by atoms with van der Waals surface area (Å²) >= 11 is 1.76. The molecule has 1 unspecified atom stereocenters. The van der Waals surface area contributed by atoms with Gasteiger partial charge in [-0.25, -0.2) is 0 Å². The minimum atomic E-state index is -0.116. The largest absolute Gasteiger partial charge is 0.370 e. The van der Waals surface area contributed by atoms with Crippen molar-refractivity contribution < 1.29 is 0 Å². The maximum absolute atomic E-state index is 6.02. The van der Waals surface area contributed by atoms with Crippen molar-refractivity contribution in [1.29, 1.82) is 0 Å². The van der Waals surface area contributed by atoms with Crippen molar-refractivity contribution in [2.45, 2.75) is 37.2 Å². The van der Waals surface area contributed by atoms with Gasteiger partial charge in [-0.2, -0.15) is 0 Å². The second kappa shape index (κ2) is 4.84. The molecule has 0 aliphatic carbocycles. The average molecular weight is 263 g/mol. The summed E-state index contributed by atoms with van der Waals surface area (Å²) in [5.74, 6) is 0.654. The Morgan fingerprint density at radius 3 is 2.44 bits per heavy atom. The second-order valence-electron chi connectivity index (χ2n) is 5.14. The highest BCUT2D eigenvalue weighted by Crippen LogP contribution is 2.34. The molecule has 4 heteroatoms. The standard InChI is InChI=1S/C14H21N3S/c1-10(2)17-13(15)16-9-14(17,3)11-5-7-12(18-4)8-6-11/h5-8,10H,9H2,1-4H3,(H2,15,16). The Morgan fingerprint density at radius 1 is 1.33 bits per heavy atom. The predicted molar refractivity (Wildman–Crippen MR) is 79.0 cm³/mol. The molecular formula is C14H21N3S. The summed E-state index contributed by atoms with van der Waals surface area (Å²) < 4.78 is 0. The SMILES string of the molecule is CSc1ccc(C2(C)CN=C(N)N2C(C)C)cc1. The van der Waals surface area contributed by atoms with Gasteiger partial charge in [0, 0.05) is 10.9 Å². The van der Waals surface area contributed by atoms with E-state index in [-0.39, 0.29) is 5.54 Å². The van der Waals surface area contributed by atoms with Gasteiger partial charge in [0.15, 0.2) is 5.96 Å². The molecule has 0 spiro atoms. The lowest BCUT2D eigenvalue weighted by Gasteiger charge is -2.39. The third-order valence-corrected chi connectivity index (χ3v) is 4.30. The first-order valence-electron chi connectivity index (χ1n) is 6.23. The Kier molecular flexibility index (Phi) is 3.57. The van der Waals surface area contributed by atoms with Crippen LogP contribution in [0.2, 0.25) is 0 Å². The predicted octanol–water partition coefficient (Wildman–Crippen LogP) is 2.66. The molecule has 18 heavy (non-hydrogen) atoms. The summed E-state index contributed by atoms with van der Waals surface area (Å²) in [5.41, 5.74) is 7.18. The quantitative estimate of drug-likeness (QED) is 0.852. The zero-order chi connectivity index (χ0) is 13.3. The van der Waals surface area contributed by atoms with Crippen LogP contribution in [0.25, 0.3) is 0 Å². The summed E-state index contributed by atoms with van der Waals surface area (Å²) in [6.45, 7) is 7.25. The molecular weight excluding hydrogens is 242 g/mol. The number of guanidine groups is 1. The molecule has 1 aliphatic rings. The van der Waals surface area contributed by atoms with Gasteiger partial charge in [0.25, 0.3) is 0 Å². The van der Waals surface area contributed by atoms with Crippen LogP contribution in [0, 0.1) is 0 Å². The van der Waals surface area contributed by atoms with Gasteiger partial charge in [0.1, 0.15) is 0 Å². The first-order chi connectivity index (χ1) is 8.49. The van der Waals surface area contributed by atoms with Gasteiger partial charge >= 0.3 is 0 Å². The van der Waals surface area contributed by atoms with Gasteiger partial charge < -0.3 is 10.6 Å². The molecule has 0 saturated heterocycles. The molecule has 0 saturated carbocycles. The summed E-state index contributed by atoms with van der Waals surface area (Å²) in [6.07, 6.45) is 2.09. The van der Waals surface area contributed by atoms with E-state index in [0.29, 0.717) is 12.0 Å². The Balaban J connectivity index is 2.35. The molecule has 0 amide bonds. The van der Waals surface area contributed by atoms with Crippen LogP contribution in [0.3, 0.4) is 0 Å². The van der Waals surface area contributed by atoms with Gasteiger partial charge in [-0.15, -0.1) is 11.8 Å². The van der Waals surface area contributed by atoms with E-state index in [0.717, 1.165) is 6.54 Å². The molecule has 0 aromatic heterocycles. The second-order valence-corrected chi connectivity index (χ2v) is 6.02. The number of rotatable bonds is 3. The molecule has 1 heterocycles. The molecule has 1 aromatic carbocycles. The van der Waals surface area contributed by atoms with E-state index in [4.69, 9.17) is 5.73 Å². The molecule has 1 atom stereocenters. The highest BCUT2D eigenvalue weighted by molar-refractivity contribution is 7.98. The van der Waals surface area contributed by atoms with Gasteiger partial charge in [-0.3, -0.25) is 4.99 Å². The molecule has 0 bridgehead atoms. The summed E-state index contributed by atoms with van der Waals surface area (Å²) in [7, 11) is 0. The molecule has 0 fully saturated rings. The van der Waals surface area contributed by atoms with Crippen LogP contribution in [0.5, 0.6) is 0 Å². The summed E-state index contributed by atoms with van der Waals surface area (Å²) in [4.78, 5) is 7.92. The van der Waals surface area contributed by atoms with Gasteiger partial charge in [-0.1, -0.05) is 12.1 Å². The van der Waals surface area contributed by atoms with Gasteiger partial charge in [0.2, 0.25) is 0 Å². The normalized spacial score (nSPS) is 23.6. The molecule has 1 aliphatic heterocycles. The van der Waals surface area contributed by atoms with Crippen LogP contribution >= 0.6 is 11.8 Å². The van der Waals surface area contributed by atoms with Crippen molar-refractivity contribution in [1.82, 2.24) is 4.90 Å². The Hall–Kier alpha value is -1.16. The maximum atomic E-state index is 6.02. The minimum Gasteiger partial charge on any atom is -0.370 e. The fourth-order valence-corrected chi connectivity index (χ4v) is 3.06. The topological polar surface area (TPSA) is 41.6 Å². The average Bonchev–Trinajstić information content (AvgIpc) is 2.66. The Morgan fingerprint density at radius 2 is 1.94 bits per heavy atom. The Bertz CT molecular complexity index is 453. The first-order valence-corrected chi connectivity index (χ1v) is 7.45. The molecule has 2 N–H and O–H groups in total. The summed E-state index contributed by atoms with van der Waals surface area (Å²) in [5, 5.41) is 0. The van der Waals surface area contributed by atoms with Crippen LogP contribution < -0.4 is 5.73 Å². The van der Waals surface area contributed by atoms with E-state index in [2.05, 4.69) is 61.2 Å². The maximum Gasteiger partial charge on any atom is 0.192 e. The first kappa shape index (κ1) is 13.3. The Labute approximate surface area is 113 Å². The van der Waals surface area contributed by atoms with Crippen molar-refractivity contribution in [2.75, 3.05) is 12.8 Å². The molecule has 98 valence electrons. The molecule has 2 rings (SSSR count). The van der Waals surface area contributed by atoms with Crippen molar-refractivity contribution in [2.24, 2.45) is 10.7 Å². The third-order valence-electron chi connectivity index (χ3n) is 3.56. The number of hydrogen-bond donors (Lipinski definition) is 1. The lowest BCUT2D eigenvalue weighted by atomic mass is 9.90. The van der Waals surface area contributed by atoms with E-state index in [1.54, 1.807) is 11.8 Å². The number of nitrogens with two attached hydrogens (primary N) is 1. The number of hydrogen-bond acceptors (Lipinski definition) is 4. The van der Waals surface area contributed by atoms with Gasteiger partial charge in [0.05, 0.1) is 12.1 Å².